The highest BCUT2D eigenvalue weighted by Crippen LogP contribution is 2.53. The lowest BCUT2D eigenvalue weighted by molar-refractivity contribution is 0.360. The maximum Gasteiger partial charge on any atom is 0.121 e. The highest BCUT2D eigenvalue weighted by molar-refractivity contribution is 5.15. The van der Waals surface area contributed by atoms with Gasteiger partial charge in [0.25, 0.3) is 0 Å². The van der Waals surface area contributed by atoms with Crippen molar-refractivity contribution in [2.45, 2.75) is 32.7 Å². The van der Waals surface area contributed by atoms with Crippen molar-refractivity contribution in [2.24, 2.45) is 11.1 Å². The van der Waals surface area contributed by atoms with Crippen LogP contribution in [0, 0.1) is 12.3 Å². The molecule has 0 spiro atoms. The average Bonchev–Trinajstić information content (AvgIpc) is 2.62. The Labute approximate surface area is 72.7 Å². The quantitative estimate of drug-likeness (QED) is 0.730. The number of furan rings is 1. The Morgan fingerprint density at radius 2 is 2.17 bits per heavy atom. The van der Waals surface area contributed by atoms with Crippen molar-refractivity contribution in [1.29, 1.82) is 0 Å². The molecule has 2 N–H and O–H groups in total. The number of hydrogen-bond donors (Lipinski definition) is 1. The third-order valence-electron chi connectivity index (χ3n) is 2.86. The van der Waals surface area contributed by atoms with Gasteiger partial charge in [0.1, 0.15) is 11.5 Å². The highest BCUT2D eigenvalue weighted by Gasteiger charge is 2.44. The first-order valence-electron chi connectivity index (χ1n) is 4.44. The van der Waals surface area contributed by atoms with Crippen molar-refractivity contribution in [3.05, 3.63) is 23.7 Å². The van der Waals surface area contributed by atoms with Gasteiger partial charge >= 0.3 is 0 Å². The smallest absolute Gasteiger partial charge is 0.121 e. The maximum atomic E-state index is 6.05. The predicted molar refractivity (Wildman–Crippen MR) is 47.7 cm³/mol. The van der Waals surface area contributed by atoms with E-state index in [1.54, 1.807) is 0 Å². The van der Waals surface area contributed by atoms with E-state index in [1.165, 1.54) is 12.8 Å². The summed E-state index contributed by atoms with van der Waals surface area (Å²) in [6, 6.07) is 4.05. The molecular weight excluding hydrogens is 150 g/mol. The van der Waals surface area contributed by atoms with Gasteiger partial charge in [0.2, 0.25) is 0 Å². The Bertz CT molecular complexity index is 286. The minimum atomic E-state index is 0.0891. The van der Waals surface area contributed by atoms with Crippen LogP contribution in [0.3, 0.4) is 0 Å². The number of rotatable bonds is 2. The van der Waals surface area contributed by atoms with Crippen LogP contribution < -0.4 is 5.73 Å². The van der Waals surface area contributed by atoms with Crippen LogP contribution in [0.1, 0.15) is 37.3 Å². The van der Waals surface area contributed by atoms with Gasteiger partial charge in [-0.15, -0.1) is 0 Å². The van der Waals surface area contributed by atoms with Crippen molar-refractivity contribution in [2.75, 3.05) is 0 Å². The Kier molecular flexibility index (Phi) is 1.55. The summed E-state index contributed by atoms with van der Waals surface area (Å²) in [4.78, 5) is 0. The van der Waals surface area contributed by atoms with Gasteiger partial charge < -0.3 is 10.2 Å². The molecule has 1 aliphatic carbocycles. The van der Waals surface area contributed by atoms with Crippen molar-refractivity contribution in [1.82, 2.24) is 0 Å². The first-order chi connectivity index (χ1) is 5.62. The zero-order valence-electron chi connectivity index (χ0n) is 7.63. The lowest BCUT2D eigenvalue weighted by atomic mass is 9.98. The Morgan fingerprint density at radius 3 is 2.58 bits per heavy atom. The molecule has 0 saturated heterocycles. The maximum absolute atomic E-state index is 6.05. The lowest BCUT2D eigenvalue weighted by Crippen LogP contribution is -2.19. The third kappa shape index (κ3) is 1.16. The second-order valence-corrected chi connectivity index (χ2v) is 4.08. The van der Waals surface area contributed by atoms with Crippen molar-refractivity contribution in [3.63, 3.8) is 0 Å². The first kappa shape index (κ1) is 7.87. The molecule has 0 aromatic carbocycles. The van der Waals surface area contributed by atoms with E-state index < -0.39 is 0 Å². The van der Waals surface area contributed by atoms with Crippen LogP contribution in [0.2, 0.25) is 0 Å². The fourth-order valence-corrected chi connectivity index (χ4v) is 1.47. The van der Waals surface area contributed by atoms with Crippen LogP contribution in [0.25, 0.3) is 0 Å². The molecule has 0 amide bonds. The van der Waals surface area contributed by atoms with E-state index in [0.717, 1.165) is 11.5 Å². The summed E-state index contributed by atoms with van der Waals surface area (Å²) >= 11 is 0. The Hall–Kier alpha value is -0.760. The van der Waals surface area contributed by atoms with Crippen molar-refractivity contribution in [3.8, 4) is 0 Å². The van der Waals surface area contributed by atoms with Crippen molar-refractivity contribution >= 4 is 0 Å². The molecule has 1 heterocycles. The first-order valence-corrected chi connectivity index (χ1v) is 4.44. The Morgan fingerprint density at radius 1 is 1.50 bits per heavy atom. The summed E-state index contributed by atoms with van der Waals surface area (Å²) in [5.74, 6) is 1.89. The standard InChI is InChI=1S/C10H15NO/c1-7-3-4-8(12-7)9(11)10(2)5-6-10/h3-4,9H,5-6,11H2,1-2H3. The summed E-state index contributed by atoms with van der Waals surface area (Å²) in [7, 11) is 0. The fourth-order valence-electron chi connectivity index (χ4n) is 1.47. The van der Waals surface area contributed by atoms with Gasteiger partial charge in [-0.25, -0.2) is 0 Å². The van der Waals surface area contributed by atoms with E-state index in [0.29, 0.717) is 5.41 Å². The van der Waals surface area contributed by atoms with Gasteiger partial charge in [0.05, 0.1) is 6.04 Å². The molecule has 1 aromatic heterocycles. The Balaban J connectivity index is 2.19. The van der Waals surface area contributed by atoms with E-state index in [4.69, 9.17) is 10.2 Å². The van der Waals surface area contributed by atoms with Crippen LogP contribution in [0.5, 0.6) is 0 Å². The summed E-state index contributed by atoms with van der Waals surface area (Å²) in [6.45, 7) is 4.17. The zero-order valence-corrected chi connectivity index (χ0v) is 7.63. The monoisotopic (exact) mass is 165 g/mol. The third-order valence-corrected chi connectivity index (χ3v) is 2.86. The molecular formula is C10H15NO. The average molecular weight is 165 g/mol. The minimum absolute atomic E-state index is 0.0891. The zero-order chi connectivity index (χ0) is 8.77. The minimum Gasteiger partial charge on any atom is -0.465 e. The second kappa shape index (κ2) is 2.36. The van der Waals surface area contributed by atoms with E-state index in [1.807, 2.05) is 19.1 Å². The van der Waals surface area contributed by atoms with Crippen molar-refractivity contribution < 1.29 is 4.42 Å². The molecule has 2 heteroatoms. The second-order valence-electron chi connectivity index (χ2n) is 4.08. The number of nitrogens with two attached hydrogens (primary N) is 1. The molecule has 1 unspecified atom stereocenters. The van der Waals surface area contributed by atoms with E-state index in [9.17, 15) is 0 Å². The van der Waals surface area contributed by atoms with Gasteiger partial charge in [-0.2, -0.15) is 0 Å². The summed E-state index contributed by atoms with van der Waals surface area (Å²) < 4.78 is 5.49. The molecule has 2 rings (SSSR count). The molecule has 1 aromatic rings. The molecule has 0 radical (unpaired) electrons. The number of hydrogen-bond acceptors (Lipinski definition) is 2. The molecule has 1 atom stereocenters. The molecule has 1 aliphatic rings. The van der Waals surface area contributed by atoms with Crippen LogP contribution in [0.4, 0.5) is 0 Å². The fraction of sp³-hybridized carbons (Fsp3) is 0.600. The van der Waals surface area contributed by atoms with E-state index in [-0.39, 0.29) is 6.04 Å². The number of aryl methyl sites for hydroxylation is 1. The van der Waals surface area contributed by atoms with E-state index >= 15 is 0 Å². The lowest BCUT2D eigenvalue weighted by Gasteiger charge is -2.15. The predicted octanol–water partition coefficient (Wildman–Crippen LogP) is 2.39. The molecule has 0 aliphatic heterocycles. The summed E-state index contributed by atoms with van der Waals surface area (Å²) in [5.41, 5.74) is 6.36. The molecule has 2 nitrogen and oxygen atoms in total. The van der Waals surface area contributed by atoms with Crippen LogP contribution in [-0.2, 0) is 0 Å². The highest BCUT2D eigenvalue weighted by atomic mass is 16.3. The summed E-state index contributed by atoms with van der Waals surface area (Å²) in [5, 5.41) is 0. The van der Waals surface area contributed by atoms with Gasteiger partial charge in [-0.1, -0.05) is 6.92 Å². The van der Waals surface area contributed by atoms with Crippen LogP contribution >= 0.6 is 0 Å². The molecule has 66 valence electrons. The molecule has 0 bridgehead atoms. The molecule has 1 fully saturated rings. The topological polar surface area (TPSA) is 39.2 Å². The molecule has 1 saturated carbocycles. The van der Waals surface area contributed by atoms with Gasteiger partial charge in [-0.3, -0.25) is 0 Å². The van der Waals surface area contributed by atoms with Gasteiger partial charge in [0, 0.05) is 0 Å². The van der Waals surface area contributed by atoms with Gasteiger partial charge in [0.15, 0.2) is 0 Å². The molecule has 12 heavy (non-hydrogen) atoms. The van der Waals surface area contributed by atoms with Gasteiger partial charge in [-0.05, 0) is 37.3 Å². The normalized spacial score (nSPS) is 22.2. The largest absolute Gasteiger partial charge is 0.465 e. The van der Waals surface area contributed by atoms with E-state index in [2.05, 4.69) is 6.92 Å². The van der Waals surface area contributed by atoms with Crippen LogP contribution in [0.15, 0.2) is 16.5 Å². The SMILES string of the molecule is Cc1ccc(C(N)C2(C)CC2)o1. The summed E-state index contributed by atoms with van der Waals surface area (Å²) in [6.07, 6.45) is 2.46. The van der Waals surface area contributed by atoms with Crippen LogP contribution in [-0.4, -0.2) is 0 Å².